The fourth-order valence-corrected chi connectivity index (χ4v) is 1.41. The maximum atomic E-state index is 10.0. The highest BCUT2D eigenvalue weighted by molar-refractivity contribution is 5.29. The summed E-state index contributed by atoms with van der Waals surface area (Å²) in [5, 5.41) is 19.7. The summed E-state index contributed by atoms with van der Waals surface area (Å²) in [5.74, 6) is 0.0207. The second kappa shape index (κ2) is 3.04. The van der Waals surface area contributed by atoms with Crippen molar-refractivity contribution < 1.29 is 10.2 Å². The minimum Gasteiger partial charge on any atom is -0.385 e. The Labute approximate surface area is 73.2 Å². The van der Waals surface area contributed by atoms with Gasteiger partial charge in [0.1, 0.15) is 11.7 Å². The van der Waals surface area contributed by atoms with Gasteiger partial charge in [-0.15, -0.1) is 0 Å². The van der Waals surface area contributed by atoms with E-state index in [0.717, 1.165) is 5.57 Å². The lowest BCUT2D eigenvalue weighted by Crippen LogP contribution is -2.46. The van der Waals surface area contributed by atoms with Crippen LogP contribution in [0.25, 0.3) is 0 Å². The zero-order valence-electron chi connectivity index (χ0n) is 7.78. The molecule has 1 aliphatic carbocycles. The van der Waals surface area contributed by atoms with E-state index in [4.69, 9.17) is 0 Å². The molecule has 0 spiro atoms. The Morgan fingerprint density at radius 2 is 2.08 bits per heavy atom. The summed E-state index contributed by atoms with van der Waals surface area (Å²) in [6, 6.07) is 0. The third kappa shape index (κ3) is 1.32. The lowest BCUT2D eigenvalue weighted by Gasteiger charge is -2.36. The van der Waals surface area contributed by atoms with Crippen LogP contribution in [0.15, 0.2) is 23.8 Å². The Hall–Kier alpha value is -0.600. The summed E-state index contributed by atoms with van der Waals surface area (Å²) in [7, 11) is 0. The lowest BCUT2D eigenvalue weighted by atomic mass is 9.79. The van der Waals surface area contributed by atoms with Crippen LogP contribution >= 0.6 is 0 Å². The van der Waals surface area contributed by atoms with E-state index in [9.17, 15) is 10.2 Å². The number of hydrogen-bond acceptors (Lipinski definition) is 2. The molecular formula is C10H16O2. The standard InChI is InChI=1S/C10H16O2/c1-7(2)10(12)6-4-5-8(3)9(10)11/h4-7,9,11-12H,1-3H3. The summed E-state index contributed by atoms with van der Waals surface area (Å²) >= 11 is 0. The van der Waals surface area contributed by atoms with Crippen LogP contribution in [0.1, 0.15) is 20.8 Å². The van der Waals surface area contributed by atoms with Gasteiger partial charge in [0.2, 0.25) is 0 Å². The van der Waals surface area contributed by atoms with Crippen LogP contribution < -0.4 is 0 Å². The van der Waals surface area contributed by atoms with Gasteiger partial charge in [-0.25, -0.2) is 0 Å². The number of aliphatic hydroxyl groups is 2. The van der Waals surface area contributed by atoms with Crippen LogP contribution in [0.3, 0.4) is 0 Å². The van der Waals surface area contributed by atoms with Crippen molar-refractivity contribution in [3.63, 3.8) is 0 Å². The molecule has 0 fully saturated rings. The third-order valence-corrected chi connectivity index (χ3v) is 2.52. The van der Waals surface area contributed by atoms with E-state index in [0.29, 0.717) is 0 Å². The normalized spacial score (nSPS) is 35.5. The molecule has 0 heterocycles. The largest absolute Gasteiger partial charge is 0.385 e. The Morgan fingerprint density at radius 1 is 1.50 bits per heavy atom. The number of aliphatic hydroxyl groups excluding tert-OH is 1. The first-order valence-corrected chi connectivity index (χ1v) is 4.25. The van der Waals surface area contributed by atoms with Crippen molar-refractivity contribution in [1.29, 1.82) is 0 Å². The van der Waals surface area contributed by atoms with Gasteiger partial charge in [0.05, 0.1) is 0 Å². The van der Waals surface area contributed by atoms with Crippen LogP contribution in [-0.4, -0.2) is 21.9 Å². The van der Waals surface area contributed by atoms with Crippen LogP contribution in [0.5, 0.6) is 0 Å². The second-order valence-electron chi connectivity index (χ2n) is 3.71. The Kier molecular flexibility index (Phi) is 2.40. The van der Waals surface area contributed by atoms with Gasteiger partial charge in [-0.2, -0.15) is 0 Å². The van der Waals surface area contributed by atoms with Gasteiger partial charge >= 0.3 is 0 Å². The molecule has 1 aliphatic rings. The number of hydrogen-bond donors (Lipinski definition) is 2. The molecular weight excluding hydrogens is 152 g/mol. The first kappa shape index (κ1) is 9.49. The van der Waals surface area contributed by atoms with Crippen LogP contribution in [0.4, 0.5) is 0 Å². The first-order chi connectivity index (χ1) is 5.48. The highest BCUT2D eigenvalue weighted by atomic mass is 16.3. The smallest absolute Gasteiger partial charge is 0.115 e. The predicted molar refractivity (Wildman–Crippen MR) is 48.7 cm³/mol. The molecule has 0 radical (unpaired) electrons. The lowest BCUT2D eigenvalue weighted by molar-refractivity contribution is -0.0532. The van der Waals surface area contributed by atoms with Gasteiger partial charge in [0.15, 0.2) is 0 Å². The molecule has 2 unspecified atom stereocenters. The molecule has 0 aromatic carbocycles. The fraction of sp³-hybridized carbons (Fsp3) is 0.600. The molecule has 0 amide bonds. The SMILES string of the molecule is CC1=CC=CC(O)(C(C)C)C1O. The molecule has 68 valence electrons. The van der Waals surface area contributed by atoms with E-state index in [-0.39, 0.29) is 5.92 Å². The second-order valence-corrected chi connectivity index (χ2v) is 3.71. The number of allylic oxidation sites excluding steroid dienone is 2. The summed E-state index contributed by atoms with van der Waals surface area (Å²) in [6.45, 7) is 5.61. The molecule has 2 N–H and O–H groups in total. The van der Waals surface area contributed by atoms with E-state index in [1.807, 2.05) is 26.8 Å². The van der Waals surface area contributed by atoms with Crippen LogP contribution in [0, 0.1) is 5.92 Å². The van der Waals surface area contributed by atoms with E-state index in [2.05, 4.69) is 0 Å². The Balaban J connectivity index is 2.95. The van der Waals surface area contributed by atoms with Gasteiger partial charge in [0.25, 0.3) is 0 Å². The molecule has 2 nitrogen and oxygen atoms in total. The molecule has 0 aliphatic heterocycles. The van der Waals surface area contributed by atoms with Crippen LogP contribution in [0.2, 0.25) is 0 Å². The molecule has 12 heavy (non-hydrogen) atoms. The molecule has 2 atom stereocenters. The van der Waals surface area contributed by atoms with E-state index >= 15 is 0 Å². The van der Waals surface area contributed by atoms with E-state index in [1.54, 1.807) is 12.2 Å². The van der Waals surface area contributed by atoms with Gasteiger partial charge in [-0.05, 0) is 24.5 Å². The van der Waals surface area contributed by atoms with Crippen molar-refractivity contribution in [2.75, 3.05) is 0 Å². The topological polar surface area (TPSA) is 40.5 Å². The quantitative estimate of drug-likeness (QED) is 0.618. The monoisotopic (exact) mass is 168 g/mol. The van der Waals surface area contributed by atoms with Gasteiger partial charge < -0.3 is 10.2 Å². The molecule has 2 heteroatoms. The average Bonchev–Trinajstić information content (AvgIpc) is 2.00. The summed E-state index contributed by atoms with van der Waals surface area (Å²) in [4.78, 5) is 0. The average molecular weight is 168 g/mol. The van der Waals surface area contributed by atoms with Gasteiger partial charge in [-0.1, -0.05) is 26.0 Å². The van der Waals surface area contributed by atoms with Gasteiger partial charge in [0, 0.05) is 0 Å². The third-order valence-electron chi connectivity index (χ3n) is 2.52. The molecule has 0 saturated heterocycles. The first-order valence-electron chi connectivity index (χ1n) is 4.25. The summed E-state index contributed by atoms with van der Waals surface area (Å²) < 4.78 is 0. The maximum absolute atomic E-state index is 10.0. The predicted octanol–water partition coefficient (Wildman–Crippen LogP) is 1.25. The minimum atomic E-state index is -1.08. The van der Waals surface area contributed by atoms with Crippen molar-refractivity contribution in [3.05, 3.63) is 23.8 Å². The van der Waals surface area contributed by atoms with Gasteiger partial charge in [-0.3, -0.25) is 0 Å². The fourth-order valence-electron chi connectivity index (χ4n) is 1.41. The van der Waals surface area contributed by atoms with Crippen molar-refractivity contribution in [1.82, 2.24) is 0 Å². The van der Waals surface area contributed by atoms with E-state index < -0.39 is 11.7 Å². The Bertz CT molecular complexity index is 228. The Morgan fingerprint density at radius 3 is 2.50 bits per heavy atom. The van der Waals surface area contributed by atoms with Crippen molar-refractivity contribution in [2.45, 2.75) is 32.5 Å². The van der Waals surface area contributed by atoms with Crippen molar-refractivity contribution >= 4 is 0 Å². The molecule has 0 saturated carbocycles. The maximum Gasteiger partial charge on any atom is 0.115 e. The molecule has 0 aromatic heterocycles. The van der Waals surface area contributed by atoms with Crippen LogP contribution in [-0.2, 0) is 0 Å². The van der Waals surface area contributed by atoms with E-state index in [1.165, 1.54) is 0 Å². The molecule has 1 rings (SSSR count). The molecule has 0 bridgehead atoms. The minimum absolute atomic E-state index is 0.0207. The summed E-state index contributed by atoms with van der Waals surface area (Å²) in [6.07, 6.45) is 4.52. The zero-order chi connectivity index (χ0) is 9.35. The highest BCUT2D eigenvalue weighted by Gasteiger charge is 2.38. The summed E-state index contributed by atoms with van der Waals surface area (Å²) in [5.41, 5.74) is -0.271. The number of rotatable bonds is 1. The molecule has 0 aromatic rings. The van der Waals surface area contributed by atoms with Crippen molar-refractivity contribution in [2.24, 2.45) is 5.92 Å². The van der Waals surface area contributed by atoms with Crippen molar-refractivity contribution in [3.8, 4) is 0 Å². The zero-order valence-corrected chi connectivity index (χ0v) is 7.78. The highest BCUT2D eigenvalue weighted by Crippen LogP contribution is 2.29.